The van der Waals surface area contributed by atoms with E-state index in [0.717, 1.165) is 0 Å². The SMILES string of the molecule is CC(C)(O)C(C)(C)O.CC(Cl)B(O)O. The molecule has 4 N–H and O–H groups in total. The molecule has 0 amide bonds. The fraction of sp³-hybridized carbons (Fsp3) is 1.00. The van der Waals surface area contributed by atoms with Crippen LogP contribution in [0.25, 0.3) is 0 Å². The van der Waals surface area contributed by atoms with Crippen LogP contribution in [0.2, 0.25) is 0 Å². The summed E-state index contributed by atoms with van der Waals surface area (Å²) in [5, 5.41) is 33.8. The number of hydrogen-bond acceptors (Lipinski definition) is 4. The number of rotatable bonds is 2. The van der Waals surface area contributed by atoms with Crippen LogP contribution in [-0.2, 0) is 0 Å². The van der Waals surface area contributed by atoms with Crippen molar-refractivity contribution in [2.24, 2.45) is 0 Å². The Morgan fingerprint density at radius 3 is 1.14 bits per heavy atom. The summed E-state index contributed by atoms with van der Waals surface area (Å²) in [5.41, 5.74) is -2.01. The van der Waals surface area contributed by atoms with Gasteiger partial charge in [-0.05, 0) is 27.7 Å². The Kier molecular flexibility index (Phi) is 7.04. The zero-order chi connectivity index (χ0) is 12.2. The Labute approximate surface area is 90.7 Å². The summed E-state index contributed by atoms with van der Waals surface area (Å²) in [6, 6.07) is 0. The first-order valence-corrected chi connectivity index (χ1v) is 4.78. The van der Waals surface area contributed by atoms with Gasteiger partial charge in [0.1, 0.15) is 0 Å². The molecule has 14 heavy (non-hydrogen) atoms. The molecule has 0 aliphatic heterocycles. The fourth-order valence-electron chi connectivity index (χ4n) is 0. The summed E-state index contributed by atoms with van der Waals surface area (Å²) in [7, 11) is -1.38. The normalized spacial score (nSPS) is 14.1. The molecule has 6 heteroatoms. The van der Waals surface area contributed by atoms with Crippen molar-refractivity contribution in [3.05, 3.63) is 0 Å². The molecular weight excluding hydrogens is 206 g/mol. The molecule has 0 saturated heterocycles. The highest BCUT2D eigenvalue weighted by Gasteiger charge is 2.31. The third kappa shape index (κ3) is 8.78. The van der Waals surface area contributed by atoms with E-state index in [-0.39, 0.29) is 0 Å². The minimum absolute atomic E-state index is 0.565. The van der Waals surface area contributed by atoms with E-state index in [1.807, 2.05) is 0 Å². The minimum atomic E-state index is -1.38. The van der Waals surface area contributed by atoms with Gasteiger partial charge in [-0.1, -0.05) is 6.92 Å². The highest BCUT2D eigenvalue weighted by molar-refractivity contribution is 6.56. The van der Waals surface area contributed by atoms with E-state index in [4.69, 9.17) is 31.9 Å². The summed E-state index contributed by atoms with van der Waals surface area (Å²) in [5.74, 6) is 0. The van der Waals surface area contributed by atoms with E-state index in [2.05, 4.69) is 0 Å². The maximum absolute atomic E-state index is 9.10. The van der Waals surface area contributed by atoms with Crippen LogP contribution in [0.3, 0.4) is 0 Å². The molecule has 0 heterocycles. The van der Waals surface area contributed by atoms with Gasteiger partial charge in [0, 0.05) is 0 Å². The number of hydrogen-bond donors (Lipinski definition) is 4. The molecule has 0 spiro atoms. The molecule has 1 atom stereocenters. The van der Waals surface area contributed by atoms with Crippen LogP contribution in [0, 0.1) is 0 Å². The van der Waals surface area contributed by atoms with Crippen molar-refractivity contribution in [1.82, 2.24) is 0 Å². The second-order valence-electron chi connectivity index (χ2n) is 4.21. The Morgan fingerprint density at radius 2 is 1.14 bits per heavy atom. The monoisotopic (exact) mass is 226 g/mol. The predicted octanol–water partition coefficient (Wildman–Crippen LogP) is 0.154. The van der Waals surface area contributed by atoms with Gasteiger partial charge < -0.3 is 20.3 Å². The second kappa shape index (κ2) is 5.93. The minimum Gasteiger partial charge on any atom is -0.426 e. The van der Waals surface area contributed by atoms with Crippen molar-refractivity contribution in [3.8, 4) is 0 Å². The largest absolute Gasteiger partial charge is 0.470 e. The third-order valence-electron chi connectivity index (χ3n) is 1.91. The van der Waals surface area contributed by atoms with Gasteiger partial charge in [-0.3, -0.25) is 0 Å². The van der Waals surface area contributed by atoms with Crippen molar-refractivity contribution < 1.29 is 20.3 Å². The maximum atomic E-state index is 9.10. The Morgan fingerprint density at radius 1 is 1.00 bits per heavy atom. The van der Waals surface area contributed by atoms with Gasteiger partial charge >= 0.3 is 7.12 Å². The van der Waals surface area contributed by atoms with Gasteiger partial charge in [0.15, 0.2) is 0 Å². The summed E-state index contributed by atoms with van der Waals surface area (Å²) < 4.78 is 0. The van der Waals surface area contributed by atoms with Crippen LogP contribution < -0.4 is 0 Å². The molecule has 1 unspecified atom stereocenters. The molecule has 0 aromatic carbocycles. The van der Waals surface area contributed by atoms with Gasteiger partial charge in [0.25, 0.3) is 0 Å². The first kappa shape index (κ1) is 16.6. The van der Waals surface area contributed by atoms with Crippen LogP contribution in [0.4, 0.5) is 0 Å². The summed E-state index contributed by atoms with van der Waals surface area (Å²) in [6.45, 7) is 7.81. The zero-order valence-electron chi connectivity index (χ0n) is 9.32. The van der Waals surface area contributed by atoms with Crippen LogP contribution >= 0.6 is 11.6 Å². The van der Waals surface area contributed by atoms with E-state index >= 15 is 0 Å². The second-order valence-corrected chi connectivity index (χ2v) is 4.90. The standard InChI is InChI=1S/C6H14O2.C2H6BClO2/c1-5(2,7)6(3,4)8;1-2(4)3(5)6/h7-8H,1-4H3;2,5-6H,1H3. The lowest BCUT2D eigenvalue weighted by Crippen LogP contribution is -2.44. The zero-order valence-corrected chi connectivity index (χ0v) is 10.1. The molecule has 0 aliphatic carbocycles. The lowest BCUT2D eigenvalue weighted by Gasteiger charge is -2.31. The van der Waals surface area contributed by atoms with Crippen LogP contribution in [0.1, 0.15) is 34.6 Å². The average molecular weight is 227 g/mol. The van der Waals surface area contributed by atoms with Crippen molar-refractivity contribution in [2.75, 3.05) is 0 Å². The van der Waals surface area contributed by atoms with Gasteiger partial charge in [-0.15, -0.1) is 11.6 Å². The first-order valence-electron chi connectivity index (χ1n) is 4.34. The van der Waals surface area contributed by atoms with E-state index in [1.165, 1.54) is 6.92 Å². The molecule has 86 valence electrons. The highest BCUT2D eigenvalue weighted by atomic mass is 35.5. The Balaban J connectivity index is 0. The van der Waals surface area contributed by atoms with E-state index in [1.54, 1.807) is 27.7 Å². The maximum Gasteiger partial charge on any atom is 0.470 e. The van der Waals surface area contributed by atoms with Crippen molar-refractivity contribution in [2.45, 2.75) is 51.1 Å². The summed E-state index contributed by atoms with van der Waals surface area (Å²) in [6.07, 6.45) is 0. The first-order chi connectivity index (χ1) is 5.89. The van der Waals surface area contributed by atoms with Gasteiger partial charge in [0.05, 0.1) is 16.5 Å². The number of alkyl halides is 1. The van der Waals surface area contributed by atoms with Crippen molar-refractivity contribution in [3.63, 3.8) is 0 Å². The molecule has 0 bridgehead atoms. The lowest BCUT2D eigenvalue weighted by molar-refractivity contribution is -0.107. The van der Waals surface area contributed by atoms with Gasteiger partial charge in [-0.25, -0.2) is 0 Å². The quantitative estimate of drug-likeness (QED) is 0.399. The Hall–Kier alpha value is 0.195. The summed E-state index contributed by atoms with van der Waals surface area (Å²) >= 11 is 5.11. The van der Waals surface area contributed by atoms with Crippen molar-refractivity contribution >= 4 is 18.7 Å². The molecule has 0 aliphatic rings. The molecule has 0 rings (SSSR count). The third-order valence-corrected chi connectivity index (χ3v) is 2.13. The molecular formula is C8H20BClO4. The molecule has 0 radical (unpaired) electrons. The van der Waals surface area contributed by atoms with E-state index in [9.17, 15) is 0 Å². The smallest absolute Gasteiger partial charge is 0.426 e. The van der Waals surface area contributed by atoms with Gasteiger partial charge in [0.2, 0.25) is 0 Å². The van der Waals surface area contributed by atoms with Crippen molar-refractivity contribution in [1.29, 1.82) is 0 Å². The fourth-order valence-corrected chi connectivity index (χ4v) is 0. The number of aliphatic hydroxyl groups is 2. The Bertz CT molecular complexity index is 130. The van der Waals surface area contributed by atoms with Gasteiger partial charge in [-0.2, -0.15) is 0 Å². The molecule has 0 aromatic rings. The molecule has 0 fully saturated rings. The summed E-state index contributed by atoms with van der Waals surface area (Å²) in [4.78, 5) is 0. The van der Waals surface area contributed by atoms with Crippen LogP contribution in [0.15, 0.2) is 0 Å². The molecule has 4 nitrogen and oxygen atoms in total. The molecule has 0 aromatic heterocycles. The number of halogens is 1. The predicted molar refractivity (Wildman–Crippen MR) is 58.1 cm³/mol. The molecule has 0 saturated carbocycles. The van der Waals surface area contributed by atoms with E-state index < -0.39 is 23.6 Å². The van der Waals surface area contributed by atoms with Crippen LogP contribution in [0.5, 0.6) is 0 Å². The average Bonchev–Trinajstić information content (AvgIpc) is 1.83. The highest BCUT2D eigenvalue weighted by Crippen LogP contribution is 2.19. The van der Waals surface area contributed by atoms with E-state index in [0.29, 0.717) is 0 Å². The van der Waals surface area contributed by atoms with Crippen LogP contribution in [-0.4, -0.2) is 43.9 Å². The lowest BCUT2D eigenvalue weighted by atomic mass is 9.87. The topological polar surface area (TPSA) is 80.9 Å².